The number of benzene rings is 1. The number of anilines is 1. The van der Waals surface area contributed by atoms with E-state index < -0.39 is 0 Å². The Bertz CT molecular complexity index is 867. The molecule has 3 heterocycles. The molecule has 30 heavy (non-hydrogen) atoms. The van der Waals surface area contributed by atoms with Crippen LogP contribution in [0.1, 0.15) is 41.3 Å². The Labute approximate surface area is 179 Å². The van der Waals surface area contributed by atoms with Crippen LogP contribution in [-0.4, -0.2) is 71.0 Å². The van der Waals surface area contributed by atoms with Crippen molar-refractivity contribution in [3.8, 4) is 5.75 Å². The van der Waals surface area contributed by atoms with Gasteiger partial charge in [0, 0.05) is 50.5 Å². The van der Waals surface area contributed by atoms with Gasteiger partial charge in [0.2, 0.25) is 0 Å². The lowest BCUT2D eigenvalue weighted by atomic mass is 10.0. The summed E-state index contributed by atoms with van der Waals surface area (Å²) >= 11 is 0. The molecule has 1 N–H and O–H groups in total. The first kappa shape index (κ1) is 20.8. The number of hydrogen-bond acceptors (Lipinski definition) is 6. The van der Waals surface area contributed by atoms with Gasteiger partial charge in [-0.25, -0.2) is 4.98 Å². The summed E-state index contributed by atoms with van der Waals surface area (Å²) in [5.74, 6) is 1.42. The zero-order valence-corrected chi connectivity index (χ0v) is 18.0. The Balaban J connectivity index is 1.26. The molecular formula is C24H32N4O2. The van der Waals surface area contributed by atoms with Crippen LogP contribution in [0.2, 0.25) is 0 Å². The van der Waals surface area contributed by atoms with Crippen molar-refractivity contribution in [2.45, 2.75) is 39.3 Å². The molecule has 0 atom stereocenters. The van der Waals surface area contributed by atoms with E-state index in [4.69, 9.17) is 0 Å². The summed E-state index contributed by atoms with van der Waals surface area (Å²) in [6.07, 6.45) is 4.13. The predicted octanol–water partition coefficient (Wildman–Crippen LogP) is 3.08. The third-order valence-corrected chi connectivity index (χ3v) is 6.49. The number of aromatic nitrogens is 1. The van der Waals surface area contributed by atoms with Gasteiger partial charge < -0.3 is 10.0 Å². The number of pyridine rings is 1. The van der Waals surface area contributed by atoms with Crippen LogP contribution in [-0.2, 0) is 6.54 Å². The zero-order chi connectivity index (χ0) is 21.1. The number of likely N-dealkylation sites (tertiary alicyclic amines) is 1. The normalized spacial score (nSPS) is 19.2. The van der Waals surface area contributed by atoms with E-state index in [0.29, 0.717) is 17.4 Å². The topological polar surface area (TPSA) is 59.9 Å². The van der Waals surface area contributed by atoms with Gasteiger partial charge in [-0.1, -0.05) is 12.1 Å². The van der Waals surface area contributed by atoms with Gasteiger partial charge in [0.1, 0.15) is 11.6 Å². The van der Waals surface area contributed by atoms with Crippen molar-refractivity contribution in [3.63, 3.8) is 0 Å². The van der Waals surface area contributed by atoms with Crippen LogP contribution < -0.4 is 4.90 Å². The average Bonchev–Trinajstić information content (AvgIpc) is 2.76. The fourth-order valence-corrected chi connectivity index (χ4v) is 4.69. The lowest BCUT2D eigenvalue weighted by molar-refractivity contribution is 0.0996. The van der Waals surface area contributed by atoms with Crippen molar-refractivity contribution >= 4 is 11.6 Å². The van der Waals surface area contributed by atoms with Crippen LogP contribution in [0.4, 0.5) is 5.82 Å². The van der Waals surface area contributed by atoms with E-state index in [-0.39, 0.29) is 5.78 Å². The molecule has 2 saturated heterocycles. The van der Waals surface area contributed by atoms with Gasteiger partial charge in [0.15, 0.2) is 5.78 Å². The number of Topliss-reactive ketones (excluding diaryl/α,β-unsaturated/α-hetero) is 1. The molecule has 4 rings (SSSR count). The van der Waals surface area contributed by atoms with E-state index in [0.717, 1.165) is 57.2 Å². The first-order valence-corrected chi connectivity index (χ1v) is 11.0. The highest BCUT2D eigenvalue weighted by Crippen LogP contribution is 2.24. The lowest BCUT2D eigenvalue weighted by Gasteiger charge is -2.43. The minimum Gasteiger partial charge on any atom is -0.508 e. The summed E-state index contributed by atoms with van der Waals surface area (Å²) < 4.78 is 0. The third-order valence-electron chi connectivity index (χ3n) is 6.49. The maximum Gasteiger partial charge on any atom is 0.161 e. The summed E-state index contributed by atoms with van der Waals surface area (Å²) in [4.78, 5) is 23.7. The number of carbonyl (C=O) groups excluding carboxylic acids is 1. The molecule has 0 saturated carbocycles. The minimum atomic E-state index is 0.0683. The van der Waals surface area contributed by atoms with Gasteiger partial charge in [0.05, 0.1) is 0 Å². The number of piperidine rings is 1. The zero-order valence-electron chi connectivity index (χ0n) is 18.0. The van der Waals surface area contributed by atoms with Crippen molar-refractivity contribution in [3.05, 3.63) is 53.2 Å². The molecule has 0 spiro atoms. The summed E-state index contributed by atoms with van der Waals surface area (Å²) in [6, 6.07) is 10.2. The monoisotopic (exact) mass is 408 g/mol. The second-order valence-electron chi connectivity index (χ2n) is 8.62. The van der Waals surface area contributed by atoms with Gasteiger partial charge in [-0.2, -0.15) is 0 Å². The molecular weight excluding hydrogens is 376 g/mol. The maximum absolute atomic E-state index is 11.6. The standard InChI is InChI=1S/C24H32N4O2/c1-18-15-21(19(2)29)16-25-24(18)28-13-11-27(12-14-28)22-7-9-26(10-8-22)17-20-3-5-23(30)6-4-20/h3-6,15-16,22,30H,7-14,17H2,1-2H3. The Morgan fingerprint density at radius 2 is 1.73 bits per heavy atom. The number of phenols is 1. The fraction of sp³-hybridized carbons (Fsp3) is 0.500. The number of hydrogen-bond donors (Lipinski definition) is 1. The molecule has 2 aromatic rings. The second kappa shape index (κ2) is 9.14. The molecule has 160 valence electrons. The molecule has 6 nitrogen and oxygen atoms in total. The summed E-state index contributed by atoms with van der Waals surface area (Å²) in [7, 11) is 0. The third kappa shape index (κ3) is 4.82. The molecule has 0 unspecified atom stereocenters. The smallest absolute Gasteiger partial charge is 0.161 e. The number of nitrogens with zero attached hydrogens (tertiary/aromatic N) is 4. The van der Waals surface area contributed by atoms with Crippen LogP contribution in [0.15, 0.2) is 36.5 Å². The van der Waals surface area contributed by atoms with Crippen molar-refractivity contribution < 1.29 is 9.90 Å². The number of aromatic hydroxyl groups is 1. The number of ketones is 1. The van der Waals surface area contributed by atoms with E-state index in [1.165, 1.54) is 18.4 Å². The number of carbonyl (C=O) groups is 1. The average molecular weight is 409 g/mol. The first-order valence-electron chi connectivity index (χ1n) is 11.0. The van der Waals surface area contributed by atoms with Crippen LogP contribution in [0.3, 0.4) is 0 Å². The summed E-state index contributed by atoms with van der Waals surface area (Å²) in [6.45, 7) is 11.0. The van der Waals surface area contributed by atoms with Gasteiger partial charge in [0.25, 0.3) is 0 Å². The highest BCUT2D eigenvalue weighted by Gasteiger charge is 2.28. The first-order chi connectivity index (χ1) is 14.5. The Hall–Kier alpha value is -2.44. The molecule has 0 amide bonds. The summed E-state index contributed by atoms with van der Waals surface area (Å²) in [5.41, 5.74) is 3.03. The largest absolute Gasteiger partial charge is 0.508 e. The van der Waals surface area contributed by atoms with Crippen LogP contribution >= 0.6 is 0 Å². The quantitative estimate of drug-likeness (QED) is 0.768. The fourth-order valence-electron chi connectivity index (χ4n) is 4.69. The molecule has 2 fully saturated rings. The van der Waals surface area contributed by atoms with Crippen molar-refractivity contribution in [2.75, 3.05) is 44.2 Å². The van der Waals surface area contributed by atoms with Gasteiger partial charge in [-0.05, 0) is 69.1 Å². The van der Waals surface area contributed by atoms with Crippen molar-refractivity contribution in [2.24, 2.45) is 0 Å². The predicted molar refractivity (Wildman–Crippen MR) is 119 cm³/mol. The van der Waals surface area contributed by atoms with Gasteiger partial charge in [-0.15, -0.1) is 0 Å². The Kier molecular flexibility index (Phi) is 6.35. The van der Waals surface area contributed by atoms with Crippen LogP contribution in [0.25, 0.3) is 0 Å². The maximum atomic E-state index is 11.6. The molecule has 2 aliphatic heterocycles. The van der Waals surface area contributed by atoms with Crippen LogP contribution in [0, 0.1) is 6.92 Å². The molecule has 0 bridgehead atoms. The number of piperazine rings is 1. The van der Waals surface area contributed by atoms with E-state index in [9.17, 15) is 9.90 Å². The minimum absolute atomic E-state index is 0.0683. The summed E-state index contributed by atoms with van der Waals surface area (Å²) in [5, 5.41) is 9.44. The second-order valence-corrected chi connectivity index (χ2v) is 8.62. The van der Waals surface area contributed by atoms with Gasteiger partial charge >= 0.3 is 0 Å². The number of rotatable bonds is 5. The van der Waals surface area contributed by atoms with E-state index >= 15 is 0 Å². The molecule has 0 aliphatic carbocycles. The number of aryl methyl sites for hydroxylation is 1. The highest BCUT2D eigenvalue weighted by atomic mass is 16.3. The Morgan fingerprint density at radius 1 is 1.07 bits per heavy atom. The molecule has 2 aliphatic rings. The molecule has 1 aromatic carbocycles. The van der Waals surface area contributed by atoms with E-state index in [2.05, 4.69) is 19.7 Å². The van der Waals surface area contributed by atoms with Gasteiger partial charge in [-0.3, -0.25) is 14.6 Å². The van der Waals surface area contributed by atoms with Crippen LogP contribution in [0.5, 0.6) is 5.75 Å². The van der Waals surface area contributed by atoms with E-state index in [1.807, 2.05) is 25.1 Å². The number of phenolic OH excluding ortho intramolecular Hbond substituents is 1. The molecule has 6 heteroatoms. The van der Waals surface area contributed by atoms with Crippen molar-refractivity contribution in [1.29, 1.82) is 0 Å². The molecule has 0 radical (unpaired) electrons. The SMILES string of the molecule is CC(=O)c1cnc(N2CCN(C3CCN(Cc4ccc(O)cc4)CC3)CC2)c(C)c1. The Morgan fingerprint density at radius 3 is 2.33 bits per heavy atom. The lowest BCUT2D eigenvalue weighted by Crippen LogP contribution is -2.53. The van der Waals surface area contributed by atoms with Crippen molar-refractivity contribution in [1.82, 2.24) is 14.8 Å². The van der Waals surface area contributed by atoms with E-state index in [1.54, 1.807) is 25.3 Å². The highest BCUT2D eigenvalue weighted by molar-refractivity contribution is 5.94. The molecule has 1 aromatic heterocycles.